The summed E-state index contributed by atoms with van der Waals surface area (Å²) in [6.07, 6.45) is 1.92. The maximum atomic E-state index is 14.2. The normalized spacial score (nSPS) is 15.3. The molecule has 0 spiro atoms. The van der Waals surface area contributed by atoms with Crippen LogP contribution in [0.1, 0.15) is 34.9 Å². The minimum absolute atomic E-state index is 0.0241. The van der Waals surface area contributed by atoms with Crippen LogP contribution in [0.5, 0.6) is 5.75 Å². The molecule has 1 aliphatic rings. The van der Waals surface area contributed by atoms with Crippen LogP contribution in [0.25, 0.3) is 0 Å². The van der Waals surface area contributed by atoms with Crippen molar-refractivity contribution in [1.82, 2.24) is 20.1 Å². The van der Waals surface area contributed by atoms with Crippen LogP contribution in [0.4, 0.5) is 10.3 Å². The van der Waals surface area contributed by atoms with E-state index in [1.165, 1.54) is 23.9 Å². The second kappa shape index (κ2) is 6.96. The topological polar surface area (TPSA) is 81.1 Å². The minimum atomic E-state index is -0.696. The Morgan fingerprint density at radius 2 is 2.17 bits per heavy atom. The number of anilines is 1. The first kappa shape index (κ1) is 16.4. The number of hydrogen-bond donors (Lipinski definition) is 2. The summed E-state index contributed by atoms with van der Waals surface area (Å²) in [6.45, 7) is 1.86. The Labute approximate surface area is 139 Å². The van der Waals surface area contributed by atoms with E-state index < -0.39 is 11.7 Å². The zero-order valence-corrected chi connectivity index (χ0v) is 13.7. The van der Waals surface area contributed by atoms with Gasteiger partial charge in [-0.05, 0) is 38.1 Å². The van der Waals surface area contributed by atoms with Gasteiger partial charge in [-0.3, -0.25) is 10.1 Å². The molecule has 1 aromatic heterocycles. The minimum Gasteiger partial charge on any atom is -0.494 e. The Morgan fingerprint density at radius 3 is 2.88 bits per heavy atom. The molecule has 1 aromatic carbocycles. The monoisotopic (exact) mass is 333 g/mol. The predicted octanol–water partition coefficient (Wildman–Crippen LogP) is 1.68. The Bertz CT molecular complexity index is 740. The van der Waals surface area contributed by atoms with Gasteiger partial charge in [-0.1, -0.05) is 6.07 Å². The fourth-order valence-electron chi connectivity index (χ4n) is 2.78. The lowest BCUT2D eigenvalue weighted by Crippen LogP contribution is -2.27. The van der Waals surface area contributed by atoms with Crippen molar-refractivity contribution >= 4 is 11.9 Å². The van der Waals surface area contributed by atoms with Gasteiger partial charge >= 0.3 is 0 Å². The van der Waals surface area contributed by atoms with Gasteiger partial charge in [0.15, 0.2) is 17.4 Å². The molecule has 1 saturated heterocycles. The maximum Gasteiger partial charge on any atom is 0.261 e. The molecule has 2 aromatic rings. The molecule has 7 nitrogen and oxygen atoms in total. The highest BCUT2D eigenvalue weighted by Gasteiger charge is 2.22. The van der Waals surface area contributed by atoms with E-state index in [0.29, 0.717) is 11.8 Å². The van der Waals surface area contributed by atoms with Gasteiger partial charge in [-0.2, -0.15) is 10.1 Å². The molecular formula is C16H20FN5O2. The van der Waals surface area contributed by atoms with E-state index in [1.54, 1.807) is 13.1 Å². The van der Waals surface area contributed by atoms with Gasteiger partial charge in [0.25, 0.3) is 5.91 Å². The number of amides is 1. The third kappa shape index (κ3) is 3.23. The average molecular weight is 333 g/mol. The summed E-state index contributed by atoms with van der Waals surface area (Å²) in [7, 11) is 3.06. The van der Waals surface area contributed by atoms with Gasteiger partial charge in [-0.25, -0.2) is 9.07 Å². The van der Waals surface area contributed by atoms with E-state index in [1.807, 2.05) is 0 Å². The van der Waals surface area contributed by atoms with Crippen LogP contribution in [-0.2, 0) is 7.05 Å². The van der Waals surface area contributed by atoms with Crippen LogP contribution in [0.2, 0.25) is 0 Å². The van der Waals surface area contributed by atoms with E-state index in [4.69, 9.17) is 4.74 Å². The van der Waals surface area contributed by atoms with E-state index >= 15 is 0 Å². The zero-order valence-electron chi connectivity index (χ0n) is 13.7. The summed E-state index contributed by atoms with van der Waals surface area (Å²) in [5.74, 6) is 0.0286. The number of methoxy groups -OCH3 is 1. The molecule has 0 saturated carbocycles. The number of nitrogens with one attached hydrogen (secondary N) is 2. The lowest BCUT2D eigenvalue weighted by molar-refractivity contribution is 0.102. The second-order valence-electron chi connectivity index (χ2n) is 5.72. The van der Waals surface area contributed by atoms with Gasteiger partial charge in [0, 0.05) is 13.0 Å². The molecule has 2 N–H and O–H groups in total. The van der Waals surface area contributed by atoms with Crippen molar-refractivity contribution in [3.05, 3.63) is 35.4 Å². The first-order valence-electron chi connectivity index (χ1n) is 7.85. The number of nitrogens with zero attached hydrogens (tertiary/aromatic N) is 3. The van der Waals surface area contributed by atoms with Crippen LogP contribution < -0.4 is 15.4 Å². The van der Waals surface area contributed by atoms with Crippen LogP contribution in [0.15, 0.2) is 18.2 Å². The highest BCUT2D eigenvalue weighted by atomic mass is 19.1. The number of hydrogen-bond acceptors (Lipinski definition) is 5. The first-order valence-corrected chi connectivity index (χ1v) is 7.85. The Kier molecular flexibility index (Phi) is 4.75. The van der Waals surface area contributed by atoms with Crippen molar-refractivity contribution in [2.45, 2.75) is 18.8 Å². The summed E-state index contributed by atoms with van der Waals surface area (Å²) < 4.78 is 20.6. The second-order valence-corrected chi connectivity index (χ2v) is 5.72. The number of aryl methyl sites for hydroxylation is 1. The number of ether oxygens (including phenoxy) is 1. The molecule has 0 bridgehead atoms. The van der Waals surface area contributed by atoms with Gasteiger partial charge in [0.1, 0.15) is 0 Å². The largest absolute Gasteiger partial charge is 0.494 e. The van der Waals surface area contributed by atoms with E-state index in [2.05, 4.69) is 20.7 Å². The summed E-state index contributed by atoms with van der Waals surface area (Å²) in [5.41, 5.74) is -0.0965. The first-order chi connectivity index (χ1) is 11.6. The van der Waals surface area contributed by atoms with E-state index in [0.717, 1.165) is 25.9 Å². The fraction of sp³-hybridized carbons (Fsp3) is 0.438. The van der Waals surface area contributed by atoms with Gasteiger partial charge in [-0.15, -0.1) is 0 Å². The third-order valence-corrected chi connectivity index (χ3v) is 4.14. The van der Waals surface area contributed by atoms with E-state index in [9.17, 15) is 9.18 Å². The number of aromatic nitrogens is 3. The Hall–Kier alpha value is -2.48. The molecule has 0 radical (unpaired) electrons. The molecule has 0 unspecified atom stereocenters. The third-order valence-electron chi connectivity index (χ3n) is 4.14. The molecule has 0 atom stereocenters. The van der Waals surface area contributed by atoms with Crippen LogP contribution in [0.3, 0.4) is 0 Å². The number of rotatable bonds is 4. The average Bonchev–Trinajstić information content (AvgIpc) is 2.96. The summed E-state index contributed by atoms with van der Waals surface area (Å²) in [6, 6.07) is 4.43. The molecule has 128 valence electrons. The van der Waals surface area contributed by atoms with Gasteiger partial charge in [0.05, 0.1) is 12.7 Å². The predicted molar refractivity (Wildman–Crippen MR) is 86.8 cm³/mol. The number of carbonyl (C=O) groups is 1. The van der Waals surface area contributed by atoms with Crippen molar-refractivity contribution in [3.8, 4) is 5.75 Å². The smallest absolute Gasteiger partial charge is 0.261 e. The van der Waals surface area contributed by atoms with Crippen molar-refractivity contribution in [3.63, 3.8) is 0 Å². The molecule has 8 heteroatoms. The maximum absolute atomic E-state index is 14.2. The summed E-state index contributed by atoms with van der Waals surface area (Å²) >= 11 is 0. The standard InChI is InChI=1S/C16H20FN5O2/c1-22-16(19-14(21-22)10-6-8-18-9-7-10)20-15(23)11-4-3-5-12(24-2)13(11)17/h3-5,10,18H,6-9H2,1-2H3,(H,19,20,21,23). The molecule has 3 rings (SSSR count). The summed E-state index contributed by atoms with van der Waals surface area (Å²) in [5, 5.41) is 10.3. The number of carbonyl (C=O) groups excluding carboxylic acids is 1. The zero-order chi connectivity index (χ0) is 17.1. The van der Waals surface area contributed by atoms with Crippen molar-refractivity contribution < 1.29 is 13.9 Å². The molecule has 2 heterocycles. The molecule has 0 aliphatic carbocycles. The lowest BCUT2D eigenvalue weighted by atomic mass is 9.98. The van der Waals surface area contributed by atoms with Crippen LogP contribution >= 0.6 is 0 Å². The van der Waals surface area contributed by atoms with Crippen LogP contribution in [0, 0.1) is 5.82 Å². The number of halogens is 1. The van der Waals surface area contributed by atoms with Crippen molar-refractivity contribution in [2.75, 3.05) is 25.5 Å². The van der Waals surface area contributed by atoms with Gasteiger partial charge < -0.3 is 10.1 Å². The van der Waals surface area contributed by atoms with E-state index in [-0.39, 0.29) is 17.2 Å². The lowest BCUT2D eigenvalue weighted by Gasteiger charge is -2.19. The molecule has 1 aliphatic heterocycles. The summed E-state index contributed by atoms with van der Waals surface area (Å²) in [4.78, 5) is 16.8. The molecule has 1 amide bonds. The molecule has 1 fully saturated rings. The molecular weight excluding hydrogens is 313 g/mol. The van der Waals surface area contributed by atoms with Crippen molar-refractivity contribution in [1.29, 1.82) is 0 Å². The number of piperidine rings is 1. The SMILES string of the molecule is COc1cccc(C(=O)Nc2nc(C3CCNCC3)nn2C)c1F. The van der Waals surface area contributed by atoms with Gasteiger partial charge in [0.2, 0.25) is 5.95 Å². The molecule has 24 heavy (non-hydrogen) atoms. The Balaban J connectivity index is 1.78. The quantitative estimate of drug-likeness (QED) is 0.890. The Morgan fingerprint density at radius 1 is 1.42 bits per heavy atom. The fourth-order valence-corrected chi connectivity index (χ4v) is 2.78. The highest BCUT2D eigenvalue weighted by Crippen LogP contribution is 2.24. The van der Waals surface area contributed by atoms with Crippen molar-refractivity contribution in [2.24, 2.45) is 7.05 Å². The van der Waals surface area contributed by atoms with Crippen LogP contribution in [-0.4, -0.2) is 40.9 Å². The highest BCUT2D eigenvalue weighted by molar-refractivity contribution is 6.03. The number of benzene rings is 1.